The second-order valence-electron chi connectivity index (χ2n) is 3.73. The highest BCUT2D eigenvalue weighted by molar-refractivity contribution is 5.95. The van der Waals surface area contributed by atoms with E-state index in [9.17, 15) is 9.59 Å². The van der Waals surface area contributed by atoms with E-state index in [1.807, 2.05) is 20.8 Å². The lowest BCUT2D eigenvalue weighted by molar-refractivity contribution is -0.115. The molecule has 0 saturated heterocycles. The zero-order valence-corrected chi connectivity index (χ0v) is 10.0. The molecule has 0 spiro atoms. The fourth-order valence-corrected chi connectivity index (χ4v) is 1.42. The highest BCUT2D eigenvalue weighted by Crippen LogP contribution is 2.21. The molecule has 0 atom stereocenters. The minimum absolute atomic E-state index is 0.141. The molecule has 1 rings (SSSR count). The summed E-state index contributed by atoms with van der Waals surface area (Å²) in [4.78, 5) is 26.5. The second kappa shape index (κ2) is 4.88. The van der Waals surface area contributed by atoms with Crippen LogP contribution in [0.5, 0.6) is 0 Å². The van der Waals surface area contributed by atoms with E-state index in [1.165, 1.54) is 0 Å². The minimum Gasteiger partial charge on any atom is -0.310 e. The Hall–Kier alpha value is -1.71. The third-order valence-electron chi connectivity index (χ3n) is 2.74. The molecule has 1 amide bonds. The van der Waals surface area contributed by atoms with E-state index in [-0.39, 0.29) is 5.91 Å². The lowest BCUT2D eigenvalue weighted by Crippen LogP contribution is -2.14. The fourth-order valence-electron chi connectivity index (χ4n) is 1.42. The van der Waals surface area contributed by atoms with E-state index >= 15 is 0 Å². The van der Waals surface area contributed by atoms with Crippen LogP contribution >= 0.6 is 0 Å². The lowest BCUT2D eigenvalue weighted by Gasteiger charge is -2.12. The number of aryl methyl sites for hydroxylation is 1. The van der Waals surface area contributed by atoms with Crippen molar-refractivity contribution in [2.75, 3.05) is 5.32 Å². The molecule has 0 bridgehead atoms. The predicted molar refractivity (Wildman–Crippen MR) is 62.8 cm³/mol. The molecule has 0 aromatic carbocycles. The van der Waals surface area contributed by atoms with Crippen LogP contribution in [0.15, 0.2) is 0 Å². The molecule has 1 aromatic heterocycles. The van der Waals surface area contributed by atoms with Crippen LogP contribution in [0.3, 0.4) is 0 Å². The summed E-state index contributed by atoms with van der Waals surface area (Å²) in [6.07, 6.45) is 1.10. The topological polar surface area (TPSA) is 59.1 Å². The Balaban J connectivity index is 3.27. The van der Waals surface area contributed by atoms with Crippen LogP contribution in [0.1, 0.15) is 40.5 Å². The summed E-state index contributed by atoms with van der Waals surface area (Å²) in [7, 11) is 0. The molecule has 1 heterocycles. The van der Waals surface area contributed by atoms with E-state index in [4.69, 9.17) is 0 Å². The monoisotopic (exact) mass is 220 g/mol. The first-order chi connectivity index (χ1) is 7.51. The number of rotatable bonds is 3. The molecule has 0 aliphatic carbocycles. The van der Waals surface area contributed by atoms with E-state index in [0.717, 1.165) is 23.1 Å². The molecule has 0 aliphatic rings. The number of pyridine rings is 1. The van der Waals surface area contributed by atoms with Crippen molar-refractivity contribution >= 4 is 18.0 Å². The van der Waals surface area contributed by atoms with Gasteiger partial charge in [0.2, 0.25) is 5.91 Å². The predicted octanol–water partition coefficient (Wildman–Crippen LogP) is 2.17. The normalized spacial score (nSPS) is 10.0. The van der Waals surface area contributed by atoms with Crippen molar-refractivity contribution < 1.29 is 9.59 Å². The van der Waals surface area contributed by atoms with Gasteiger partial charge >= 0.3 is 0 Å². The number of nitrogens with one attached hydrogen (secondary N) is 1. The van der Waals surface area contributed by atoms with Gasteiger partial charge in [0, 0.05) is 12.1 Å². The molecule has 0 aliphatic heterocycles. The van der Waals surface area contributed by atoms with Crippen molar-refractivity contribution in [2.45, 2.75) is 34.1 Å². The summed E-state index contributed by atoms with van der Waals surface area (Å²) in [5.41, 5.74) is 3.14. The molecule has 0 unspecified atom stereocenters. The van der Waals surface area contributed by atoms with Crippen LogP contribution in [0.25, 0.3) is 0 Å². The molecule has 1 aromatic rings. The van der Waals surface area contributed by atoms with Crippen molar-refractivity contribution in [2.24, 2.45) is 0 Å². The van der Waals surface area contributed by atoms with Crippen LogP contribution in [0, 0.1) is 20.8 Å². The average molecular weight is 220 g/mol. The van der Waals surface area contributed by atoms with Crippen molar-refractivity contribution in [1.29, 1.82) is 0 Å². The van der Waals surface area contributed by atoms with Gasteiger partial charge in [0.1, 0.15) is 5.82 Å². The van der Waals surface area contributed by atoms with Gasteiger partial charge in [-0.15, -0.1) is 0 Å². The maximum absolute atomic E-state index is 11.3. The molecule has 1 N–H and O–H groups in total. The van der Waals surface area contributed by atoms with Crippen LogP contribution < -0.4 is 5.32 Å². The SMILES string of the molecule is CCC(=O)Nc1nc(C)c(C)c(C)c1C=O. The van der Waals surface area contributed by atoms with Crippen molar-refractivity contribution in [3.05, 3.63) is 22.4 Å². The number of nitrogens with zero attached hydrogens (tertiary/aromatic N) is 1. The summed E-state index contributed by atoms with van der Waals surface area (Å²) < 4.78 is 0. The Kier molecular flexibility index (Phi) is 3.77. The third-order valence-corrected chi connectivity index (χ3v) is 2.74. The number of hydrogen-bond acceptors (Lipinski definition) is 3. The first kappa shape index (κ1) is 12.4. The van der Waals surface area contributed by atoms with Gasteiger partial charge in [0.25, 0.3) is 0 Å². The van der Waals surface area contributed by atoms with Gasteiger partial charge in [0.15, 0.2) is 6.29 Å². The van der Waals surface area contributed by atoms with Crippen molar-refractivity contribution in [1.82, 2.24) is 4.98 Å². The largest absolute Gasteiger partial charge is 0.310 e. The molecule has 86 valence electrons. The van der Waals surface area contributed by atoms with Crippen LogP contribution in [-0.4, -0.2) is 17.2 Å². The molecular formula is C12H16N2O2. The van der Waals surface area contributed by atoms with Crippen LogP contribution in [-0.2, 0) is 4.79 Å². The number of carbonyl (C=O) groups is 2. The number of anilines is 1. The number of aromatic nitrogens is 1. The van der Waals surface area contributed by atoms with Gasteiger partial charge in [0.05, 0.1) is 5.56 Å². The highest BCUT2D eigenvalue weighted by Gasteiger charge is 2.13. The second-order valence-corrected chi connectivity index (χ2v) is 3.73. The Bertz CT molecular complexity index is 439. The van der Waals surface area contributed by atoms with Gasteiger partial charge in [-0.3, -0.25) is 9.59 Å². The van der Waals surface area contributed by atoms with E-state index in [1.54, 1.807) is 6.92 Å². The quantitative estimate of drug-likeness (QED) is 0.794. The molecular weight excluding hydrogens is 204 g/mol. The molecule has 0 saturated carbocycles. The first-order valence-corrected chi connectivity index (χ1v) is 5.24. The molecule has 0 radical (unpaired) electrons. The molecule has 4 nitrogen and oxygen atoms in total. The van der Waals surface area contributed by atoms with Crippen molar-refractivity contribution in [3.8, 4) is 0 Å². The maximum atomic E-state index is 11.3. The fraction of sp³-hybridized carbons (Fsp3) is 0.417. The van der Waals surface area contributed by atoms with Gasteiger partial charge in [-0.05, 0) is 31.9 Å². The van der Waals surface area contributed by atoms with Gasteiger partial charge in [-0.25, -0.2) is 4.98 Å². The molecule has 0 fully saturated rings. The zero-order valence-electron chi connectivity index (χ0n) is 10.0. The number of carbonyl (C=O) groups excluding carboxylic acids is 2. The summed E-state index contributed by atoms with van der Waals surface area (Å²) in [5, 5.41) is 2.64. The summed E-state index contributed by atoms with van der Waals surface area (Å²) in [6.45, 7) is 7.38. The zero-order chi connectivity index (χ0) is 12.3. The standard InChI is InChI=1S/C12H16N2O2/c1-5-11(16)14-12-10(6-15)8(3)7(2)9(4)13-12/h6H,5H2,1-4H3,(H,13,14,16). The van der Waals surface area contributed by atoms with E-state index < -0.39 is 0 Å². The van der Waals surface area contributed by atoms with Crippen LogP contribution in [0.4, 0.5) is 5.82 Å². The smallest absolute Gasteiger partial charge is 0.225 e. The van der Waals surface area contributed by atoms with E-state index in [2.05, 4.69) is 10.3 Å². The highest BCUT2D eigenvalue weighted by atomic mass is 16.1. The Morgan fingerprint density at radius 2 is 1.94 bits per heavy atom. The Labute approximate surface area is 95.1 Å². The number of aldehydes is 1. The number of amides is 1. The summed E-state index contributed by atoms with van der Waals surface area (Å²) in [6, 6.07) is 0. The van der Waals surface area contributed by atoms with E-state index in [0.29, 0.717) is 17.8 Å². The number of hydrogen-bond donors (Lipinski definition) is 1. The lowest BCUT2D eigenvalue weighted by atomic mass is 10.0. The van der Waals surface area contributed by atoms with Gasteiger partial charge in [-0.2, -0.15) is 0 Å². The summed E-state index contributed by atoms with van der Waals surface area (Å²) in [5.74, 6) is 0.223. The molecule has 16 heavy (non-hydrogen) atoms. The van der Waals surface area contributed by atoms with Gasteiger partial charge < -0.3 is 5.32 Å². The Morgan fingerprint density at radius 1 is 1.31 bits per heavy atom. The first-order valence-electron chi connectivity index (χ1n) is 5.24. The van der Waals surface area contributed by atoms with Crippen LogP contribution in [0.2, 0.25) is 0 Å². The average Bonchev–Trinajstić information content (AvgIpc) is 2.26. The maximum Gasteiger partial charge on any atom is 0.225 e. The van der Waals surface area contributed by atoms with Crippen molar-refractivity contribution in [3.63, 3.8) is 0 Å². The minimum atomic E-state index is -0.141. The Morgan fingerprint density at radius 3 is 2.44 bits per heavy atom. The molecule has 4 heteroatoms. The van der Waals surface area contributed by atoms with Gasteiger partial charge in [-0.1, -0.05) is 6.92 Å². The third kappa shape index (κ3) is 2.27. The summed E-state index contributed by atoms with van der Waals surface area (Å²) >= 11 is 0.